The fourth-order valence-corrected chi connectivity index (χ4v) is 1.63. The molecule has 98 valence electrons. The molecule has 0 saturated carbocycles. The minimum atomic E-state index is -1.05. The molecule has 0 amide bonds. The second kappa shape index (κ2) is 5.95. The molecular weight excluding hydrogens is 244 g/mol. The molecule has 0 fully saturated rings. The zero-order valence-corrected chi connectivity index (χ0v) is 10.5. The van der Waals surface area contributed by atoms with Gasteiger partial charge < -0.3 is 9.84 Å². The fraction of sp³-hybridized carbons (Fsp3) is 0.214. The molecular formula is C14H14N2O3. The Labute approximate surface area is 110 Å². The van der Waals surface area contributed by atoms with Gasteiger partial charge in [0.25, 0.3) is 0 Å². The number of carbonyl (C=O) groups is 1. The van der Waals surface area contributed by atoms with Gasteiger partial charge in [-0.05, 0) is 30.7 Å². The van der Waals surface area contributed by atoms with Gasteiger partial charge >= 0.3 is 5.97 Å². The lowest BCUT2D eigenvalue weighted by molar-refractivity contribution is 0.0690. The van der Waals surface area contributed by atoms with E-state index in [1.165, 1.54) is 12.4 Å². The number of aryl methyl sites for hydroxylation is 1. The lowest BCUT2D eigenvalue weighted by Crippen LogP contribution is -2.06. The first kappa shape index (κ1) is 13.0. The van der Waals surface area contributed by atoms with E-state index in [1.807, 2.05) is 31.2 Å². The SMILES string of the molecule is Cc1cccc(OCCc2cc(C(=O)O)ncn2)c1. The third-order valence-electron chi connectivity index (χ3n) is 2.56. The molecule has 0 atom stereocenters. The summed E-state index contributed by atoms with van der Waals surface area (Å²) in [4.78, 5) is 18.4. The highest BCUT2D eigenvalue weighted by molar-refractivity contribution is 5.85. The molecule has 5 nitrogen and oxygen atoms in total. The number of carboxylic acids is 1. The molecule has 19 heavy (non-hydrogen) atoms. The van der Waals surface area contributed by atoms with E-state index >= 15 is 0 Å². The number of hydrogen-bond acceptors (Lipinski definition) is 4. The number of nitrogens with zero attached hydrogens (tertiary/aromatic N) is 2. The van der Waals surface area contributed by atoms with Crippen molar-refractivity contribution in [3.05, 3.63) is 53.6 Å². The van der Waals surface area contributed by atoms with Crippen LogP contribution in [-0.2, 0) is 6.42 Å². The van der Waals surface area contributed by atoms with Gasteiger partial charge in [0, 0.05) is 12.1 Å². The van der Waals surface area contributed by atoms with Crippen molar-refractivity contribution in [3.8, 4) is 5.75 Å². The van der Waals surface area contributed by atoms with Crippen LogP contribution in [0.15, 0.2) is 36.7 Å². The van der Waals surface area contributed by atoms with Gasteiger partial charge in [0.15, 0.2) is 5.69 Å². The van der Waals surface area contributed by atoms with Crippen molar-refractivity contribution >= 4 is 5.97 Å². The molecule has 1 aromatic heterocycles. The topological polar surface area (TPSA) is 72.3 Å². The van der Waals surface area contributed by atoms with E-state index in [-0.39, 0.29) is 5.69 Å². The van der Waals surface area contributed by atoms with Crippen molar-refractivity contribution in [3.63, 3.8) is 0 Å². The van der Waals surface area contributed by atoms with E-state index in [4.69, 9.17) is 9.84 Å². The number of aromatic nitrogens is 2. The Hall–Kier alpha value is -2.43. The minimum absolute atomic E-state index is 0.000514. The van der Waals surface area contributed by atoms with E-state index in [1.54, 1.807) is 0 Å². The van der Waals surface area contributed by atoms with Crippen LogP contribution in [0.25, 0.3) is 0 Å². The summed E-state index contributed by atoms with van der Waals surface area (Å²) in [6.45, 7) is 2.44. The standard InChI is InChI=1S/C14H14N2O3/c1-10-3-2-4-12(7-10)19-6-5-11-8-13(14(17)18)16-9-15-11/h2-4,7-9H,5-6H2,1H3,(H,17,18). The van der Waals surface area contributed by atoms with E-state index in [0.717, 1.165) is 11.3 Å². The maximum absolute atomic E-state index is 10.8. The van der Waals surface area contributed by atoms with Gasteiger partial charge in [-0.1, -0.05) is 12.1 Å². The van der Waals surface area contributed by atoms with Gasteiger partial charge in [-0.25, -0.2) is 14.8 Å². The summed E-state index contributed by atoms with van der Waals surface area (Å²) in [6.07, 6.45) is 1.79. The van der Waals surface area contributed by atoms with Crippen LogP contribution in [0.1, 0.15) is 21.7 Å². The van der Waals surface area contributed by atoms with Crippen molar-refractivity contribution in [1.82, 2.24) is 9.97 Å². The van der Waals surface area contributed by atoms with Crippen LogP contribution < -0.4 is 4.74 Å². The summed E-state index contributed by atoms with van der Waals surface area (Å²) in [5.74, 6) is -0.254. The van der Waals surface area contributed by atoms with Crippen LogP contribution in [-0.4, -0.2) is 27.7 Å². The van der Waals surface area contributed by atoms with Crippen LogP contribution in [0, 0.1) is 6.92 Å². The Morgan fingerprint density at radius 1 is 1.32 bits per heavy atom. The number of carboxylic acid groups (broad SMARTS) is 1. The number of hydrogen-bond donors (Lipinski definition) is 1. The quantitative estimate of drug-likeness (QED) is 0.889. The van der Waals surface area contributed by atoms with E-state index in [0.29, 0.717) is 18.7 Å². The molecule has 2 rings (SSSR count). The molecule has 5 heteroatoms. The maximum atomic E-state index is 10.8. The van der Waals surface area contributed by atoms with Crippen molar-refractivity contribution in [2.75, 3.05) is 6.61 Å². The van der Waals surface area contributed by atoms with E-state index in [9.17, 15) is 4.79 Å². The predicted molar refractivity (Wildman–Crippen MR) is 69.4 cm³/mol. The second-order valence-electron chi connectivity index (χ2n) is 4.11. The molecule has 0 unspecified atom stereocenters. The van der Waals surface area contributed by atoms with Crippen molar-refractivity contribution in [2.24, 2.45) is 0 Å². The van der Waals surface area contributed by atoms with Crippen LogP contribution in [0.5, 0.6) is 5.75 Å². The summed E-state index contributed by atoms with van der Waals surface area (Å²) in [5.41, 5.74) is 1.79. The monoisotopic (exact) mass is 258 g/mol. The summed E-state index contributed by atoms with van der Waals surface area (Å²) in [6, 6.07) is 9.22. The molecule has 0 aliphatic rings. The minimum Gasteiger partial charge on any atom is -0.493 e. The molecule has 2 aromatic rings. The number of benzene rings is 1. The maximum Gasteiger partial charge on any atom is 0.354 e. The van der Waals surface area contributed by atoms with Crippen molar-refractivity contribution < 1.29 is 14.6 Å². The van der Waals surface area contributed by atoms with Crippen molar-refractivity contribution in [1.29, 1.82) is 0 Å². The Morgan fingerprint density at radius 2 is 2.16 bits per heavy atom. The predicted octanol–water partition coefficient (Wildman–Crippen LogP) is 2.10. The molecule has 0 saturated heterocycles. The average Bonchev–Trinajstić information content (AvgIpc) is 2.39. The smallest absolute Gasteiger partial charge is 0.354 e. The molecule has 1 N–H and O–H groups in total. The van der Waals surface area contributed by atoms with Gasteiger partial charge in [0.1, 0.15) is 12.1 Å². The Balaban J connectivity index is 1.92. The van der Waals surface area contributed by atoms with E-state index in [2.05, 4.69) is 9.97 Å². The molecule has 0 spiro atoms. The highest BCUT2D eigenvalue weighted by atomic mass is 16.5. The lowest BCUT2D eigenvalue weighted by Gasteiger charge is -2.06. The molecule has 0 aliphatic carbocycles. The summed E-state index contributed by atoms with van der Waals surface area (Å²) < 4.78 is 5.58. The number of aromatic carboxylic acids is 1. The lowest BCUT2D eigenvalue weighted by atomic mass is 10.2. The molecule has 1 aromatic carbocycles. The first-order valence-corrected chi connectivity index (χ1v) is 5.89. The molecule has 0 radical (unpaired) electrons. The van der Waals surface area contributed by atoms with Crippen molar-refractivity contribution in [2.45, 2.75) is 13.3 Å². The van der Waals surface area contributed by atoms with Crippen LogP contribution in [0.4, 0.5) is 0 Å². The summed E-state index contributed by atoms with van der Waals surface area (Å²) >= 11 is 0. The van der Waals surface area contributed by atoms with Gasteiger partial charge in [0.2, 0.25) is 0 Å². The highest BCUT2D eigenvalue weighted by Gasteiger charge is 2.06. The second-order valence-corrected chi connectivity index (χ2v) is 4.11. The first-order chi connectivity index (χ1) is 9.15. The van der Waals surface area contributed by atoms with E-state index < -0.39 is 5.97 Å². The first-order valence-electron chi connectivity index (χ1n) is 5.89. The molecule has 1 heterocycles. The van der Waals surface area contributed by atoms with Gasteiger partial charge in [-0.2, -0.15) is 0 Å². The Bertz CT molecular complexity index is 584. The van der Waals surface area contributed by atoms with Crippen LogP contribution in [0.3, 0.4) is 0 Å². The zero-order chi connectivity index (χ0) is 13.7. The third-order valence-corrected chi connectivity index (χ3v) is 2.56. The summed E-state index contributed by atoms with van der Waals surface area (Å²) in [5, 5.41) is 8.82. The van der Waals surface area contributed by atoms with Gasteiger partial charge in [-0.3, -0.25) is 0 Å². The fourth-order valence-electron chi connectivity index (χ4n) is 1.63. The normalized spacial score (nSPS) is 10.2. The molecule has 0 bridgehead atoms. The Morgan fingerprint density at radius 3 is 2.89 bits per heavy atom. The number of ether oxygens (including phenoxy) is 1. The summed E-state index contributed by atoms with van der Waals surface area (Å²) in [7, 11) is 0. The van der Waals surface area contributed by atoms with Gasteiger partial charge in [-0.15, -0.1) is 0 Å². The van der Waals surface area contributed by atoms with Crippen LogP contribution in [0.2, 0.25) is 0 Å². The third kappa shape index (κ3) is 3.77. The largest absolute Gasteiger partial charge is 0.493 e. The Kier molecular flexibility index (Phi) is 4.07. The highest BCUT2D eigenvalue weighted by Crippen LogP contribution is 2.12. The van der Waals surface area contributed by atoms with Crippen LogP contribution >= 0.6 is 0 Å². The van der Waals surface area contributed by atoms with Gasteiger partial charge in [0.05, 0.1) is 6.61 Å². The average molecular weight is 258 g/mol. The molecule has 0 aliphatic heterocycles. The zero-order valence-electron chi connectivity index (χ0n) is 10.5. The number of rotatable bonds is 5.